The molecule has 0 saturated carbocycles. The van der Waals surface area contributed by atoms with E-state index in [9.17, 15) is 4.79 Å². The average molecular weight is 306 g/mol. The number of nitrogens with zero attached hydrogens (tertiary/aromatic N) is 2. The van der Waals surface area contributed by atoms with Crippen molar-refractivity contribution in [1.82, 2.24) is 9.88 Å². The molecule has 1 unspecified atom stereocenters. The molecule has 1 amide bonds. The van der Waals surface area contributed by atoms with Crippen LogP contribution >= 0.6 is 11.3 Å². The Balaban J connectivity index is 1.62. The van der Waals surface area contributed by atoms with Gasteiger partial charge in [-0.15, -0.1) is 0 Å². The van der Waals surface area contributed by atoms with Crippen LogP contribution in [0, 0.1) is 0 Å². The summed E-state index contributed by atoms with van der Waals surface area (Å²) in [7, 11) is 1.94. The number of hydrogen-bond acceptors (Lipinski definition) is 6. The van der Waals surface area contributed by atoms with Crippen LogP contribution in [0.3, 0.4) is 0 Å². The second kappa shape index (κ2) is 5.97. The number of anilines is 2. The number of rotatable bonds is 4. The monoisotopic (exact) mass is 306 g/mol. The molecule has 3 rings (SSSR count). The van der Waals surface area contributed by atoms with Crippen LogP contribution in [0.4, 0.5) is 10.8 Å². The van der Waals surface area contributed by atoms with Crippen LogP contribution in [0.15, 0.2) is 18.2 Å². The summed E-state index contributed by atoms with van der Waals surface area (Å²) >= 11 is 1.43. The van der Waals surface area contributed by atoms with E-state index in [4.69, 9.17) is 10.5 Å². The zero-order valence-electron chi connectivity index (χ0n) is 11.8. The van der Waals surface area contributed by atoms with Gasteiger partial charge in [-0.05, 0) is 31.7 Å². The predicted octanol–water partition coefficient (Wildman–Crippen LogP) is 1.54. The molecule has 2 heterocycles. The van der Waals surface area contributed by atoms with Gasteiger partial charge >= 0.3 is 0 Å². The van der Waals surface area contributed by atoms with Gasteiger partial charge in [0.1, 0.15) is 0 Å². The lowest BCUT2D eigenvalue weighted by atomic mass is 10.2. The van der Waals surface area contributed by atoms with Gasteiger partial charge in [-0.3, -0.25) is 9.69 Å². The first-order valence-electron chi connectivity index (χ1n) is 6.86. The van der Waals surface area contributed by atoms with Gasteiger partial charge in [0.15, 0.2) is 5.13 Å². The van der Waals surface area contributed by atoms with E-state index >= 15 is 0 Å². The number of carbonyl (C=O) groups excluding carboxylic acids is 1. The molecule has 0 spiro atoms. The number of carbonyl (C=O) groups is 1. The molecular formula is C14H18N4O2S. The molecule has 6 nitrogen and oxygen atoms in total. The maximum absolute atomic E-state index is 12.1. The zero-order valence-corrected chi connectivity index (χ0v) is 12.7. The summed E-state index contributed by atoms with van der Waals surface area (Å²) < 4.78 is 6.31. The van der Waals surface area contributed by atoms with Gasteiger partial charge in [-0.25, -0.2) is 4.98 Å². The normalized spacial score (nSPS) is 18.5. The lowest BCUT2D eigenvalue weighted by molar-refractivity contribution is -0.117. The van der Waals surface area contributed by atoms with Crippen LogP contribution in [0.1, 0.15) is 6.42 Å². The summed E-state index contributed by atoms with van der Waals surface area (Å²) in [5, 5.41) is 3.46. The van der Waals surface area contributed by atoms with Crippen LogP contribution < -0.4 is 11.1 Å². The second-order valence-electron chi connectivity index (χ2n) is 5.23. The SMILES string of the molecule is CN(CC(=O)Nc1nc2ccc(N)cc2s1)C1CCOC1. The van der Waals surface area contributed by atoms with Crippen molar-refractivity contribution in [2.45, 2.75) is 12.5 Å². The van der Waals surface area contributed by atoms with E-state index in [2.05, 4.69) is 10.3 Å². The Morgan fingerprint density at radius 2 is 2.48 bits per heavy atom. The van der Waals surface area contributed by atoms with E-state index in [1.807, 2.05) is 30.1 Å². The Kier molecular flexibility index (Phi) is 4.05. The number of fused-ring (bicyclic) bond motifs is 1. The van der Waals surface area contributed by atoms with Crippen molar-refractivity contribution in [3.8, 4) is 0 Å². The highest BCUT2D eigenvalue weighted by Crippen LogP contribution is 2.27. The third-order valence-corrected chi connectivity index (χ3v) is 4.51. The molecule has 21 heavy (non-hydrogen) atoms. The summed E-state index contributed by atoms with van der Waals surface area (Å²) in [6, 6.07) is 5.86. The Morgan fingerprint density at radius 1 is 1.62 bits per heavy atom. The molecule has 0 aliphatic carbocycles. The quantitative estimate of drug-likeness (QED) is 0.838. The Labute approximate surface area is 126 Å². The number of nitrogens with one attached hydrogen (secondary N) is 1. The highest BCUT2D eigenvalue weighted by Gasteiger charge is 2.22. The lowest BCUT2D eigenvalue weighted by Gasteiger charge is -2.21. The van der Waals surface area contributed by atoms with Crippen molar-refractivity contribution in [3.05, 3.63) is 18.2 Å². The molecular weight excluding hydrogens is 288 g/mol. The molecule has 1 aromatic heterocycles. The molecule has 7 heteroatoms. The first kappa shape index (κ1) is 14.2. The topological polar surface area (TPSA) is 80.5 Å². The van der Waals surface area contributed by atoms with Gasteiger partial charge in [0, 0.05) is 18.3 Å². The fourth-order valence-corrected chi connectivity index (χ4v) is 3.31. The highest BCUT2D eigenvalue weighted by atomic mass is 32.1. The maximum atomic E-state index is 12.1. The van der Waals surface area contributed by atoms with Gasteiger partial charge in [-0.2, -0.15) is 0 Å². The number of ether oxygens (including phenoxy) is 1. The largest absolute Gasteiger partial charge is 0.399 e. The zero-order chi connectivity index (χ0) is 14.8. The molecule has 1 saturated heterocycles. The van der Waals surface area contributed by atoms with E-state index < -0.39 is 0 Å². The molecule has 1 fully saturated rings. The molecule has 1 aliphatic heterocycles. The third kappa shape index (κ3) is 3.31. The van der Waals surface area contributed by atoms with E-state index in [0.29, 0.717) is 30.0 Å². The maximum Gasteiger partial charge on any atom is 0.240 e. The summed E-state index contributed by atoms with van der Waals surface area (Å²) in [6.07, 6.45) is 0.976. The summed E-state index contributed by atoms with van der Waals surface area (Å²) in [5.74, 6) is -0.0589. The number of amides is 1. The first-order chi connectivity index (χ1) is 10.1. The Hall–Kier alpha value is -1.70. The van der Waals surface area contributed by atoms with Gasteiger partial charge in [0.05, 0.1) is 23.4 Å². The number of likely N-dealkylation sites (N-methyl/N-ethyl adjacent to an activating group) is 1. The standard InChI is InChI=1S/C14H18N4O2S/c1-18(10-4-5-20-8-10)7-13(19)17-14-16-11-3-2-9(15)6-12(11)21-14/h2-3,6,10H,4-5,7-8,15H2,1H3,(H,16,17,19). The van der Waals surface area contributed by atoms with Crippen molar-refractivity contribution in [2.24, 2.45) is 0 Å². The van der Waals surface area contributed by atoms with Crippen LogP contribution in [0.2, 0.25) is 0 Å². The number of nitrogen functional groups attached to an aromatic ring is 1. The molecule has 1 aliphatic rings. The molecule has 1 aromatic carbocycles. The van der Waals surface area contributed by atoms with Crippen molar-refractivity contribution >= 4 is 38.3 Å². The number of benzene rings is 1. The number of thiazole rings is 1. The predicted molar refractivity (Wildman–Crippen MR) is 84.5 cm³/mol. The fraction of sp³-hybridized carbons (Fsp3) is 0.429. The van der Waals surface area contributed by atoms with Gasteiger partial charge in [-0.1, -0.05) is 11.3 Å². The van der Waals surface area contributed by atoms with Crippen LogP contribution in [-0.4, -0.2) is 48.6 Å². The van der Waals surface area contributed by atoms with Crippen molar-refractivity contribution in [1.29, 1.82) is 0 Å². The van der Waals surface area contributed by atoms with Crippen molar-refractivity contribution in [3.63, 3.8) is 0 Å². The molecule has 112 valence electrons. The Morgan fingerprint density at radius 3 is 3.24 bits per heavy atom. The Bertz CT molecular complexity index is 651. The molecule has 3 N–H and O–H groups in total. The smallest absolute Gasteiger partial charge is 0.240 e. The second-order valence-corrected chi connectivity index (χ2v) is 6.26. The average Bonchev–Trinajstić information content (AvgIpc) is 3.06. The number of hydrogen-bond donors (Lipinski definition) is 2. The van der Waals surface area contributed by atoms with Crippen LogP contribution in [0.5, 0.6) is 0 Å². The van der Waals surface area contributed by atoms with Gasteiger partial charge < -0.3 is 15.8 Å². The molecule has 0 bridgehead atoms. The minimum Gasteiger partial charge on any atom is -0.399 e. The first-order valence-corrected chi connectivity index (χ1v) is 7.67. The van der Waals surface area contributed by atoms with Crippen molar-refractivity contribution in [2.75, 3.05) is 37.9 Å². The van der Waals surface area contributed by atoms with Gasteiger partial charge in [0.25, 0.3) is 0 Å². The van der Waals surface area contributed by atoms with Crippen LogP contribution in [-0.2, 0) is 9.53 Å². The fourth-order valence-electron chi connectivity index (χ4n) is 2.38. The van der Waals surface area contributed by atoms with Gasteiger partial charge in [0.2, 0.25) is 5.91 Å². The van der Waals surface area contributed by atoms with E-state index in [1.54, 1.807) is 0 Å². The van der Waals surface area contributed by atoms with E-state index in [0.717, 1.165) is 23.2 Å². The third-order valence-electron chi connectivity index (χ3n) is 3.58. The summed E-state index contributed by atoms with van der Waals surface area (Å²) in [4.78, 5) is 18.5. The molecule has 0 radical (unpaired) electrons. The molecule has 2 aromatic rings. The van der Waals surface area contributed by atoms with E-state index in [1.165, 1.54) is 11.3 Å². The number of aromatic nitrogens is 1. The molecule has 1 atom stereocenters. The minimum atomic E-state index is -0.0589. The summed E-state index contributed by atoms with van der Waals surface area (Å²) in [5.41, 5.74) is 7.29. The van der Waals surface area contributed by atoms with Crippen LogP contribution in [0.25, 0.3) is 10.2 Å². The highest BCUT2D eigenvalue weighted by molar-refractivity contribution is 7.22. The van der Waals surface area contributed by atoms with E-state index in [-0.39, 0.29) is 5.91 Å². The summed E-state index contributed by atoms with van der Waals surface area (Å²) in [6.45, 7) is 1.81. The number of nitrogens with two attached hydrogens (primary N) is 1. The minimum absolute atomic E-state index is 0.0589. The lowest BCUT2D eigenvalue weighted by Crippen LogP contribution is -2.38. The van der Waals surface area contributed by atoms with Crippen molar-refractivity contribution < 1.29 is 9.53 Å².